The summed E-state index contributed by atoms with van der Waals surface area (Å²) in [6, 6.07) is 18.9. The highest BCUT2D eigenvalue weighted by Crippen LogP contribution is 2.36. The van der Waals surface area contributed by atoms with Crippen molar-refractivity contribution >= 4 is 57.4 Å². The lowest BCUT2D eigenvalue weighted by molar-refractivity contribution is 0.0999. The van der Waals surface area contributed by atoms with Crippen molar-refractivity contribution in [1.82, 2.24) is 0 Å². The molecule has 0 spiro atoms. The molecule has 162 valence electrons. The van der Waals surface area contributed by atoms with Crippen LogP contribution in [0.5, 0.6) is 5.75 Å². The number of ether oxygens (including phenoxy) is 1. The van der Waals surface area contributed by atoms with Crippen LogP contribution in [0.4, 0.5) is 11.4 Å². The number of hydrogen-bond donors (Lipinski definition) is 2. The second-order valence-electron chi connectivity index (χ2n) is 6.78. The number of carbonyl (C=O) groups is 2. The summed E-state index contributed by atoms with van der Waals surface area (Å²) in [5.74, 6) is -0.710. The SMILES string of the molecule is CCOc1c(Cl)cc(C(=O)Nc2c(C(=O)Nc3ccccc3)oc3ccccc23)cc1Cl. The molecule has 6 nitrogen and oxygen atoms in total. The van der Waals surface area contributed by atoms with Gasteiger partial charge in [0, 0.05) is 16.6 Å². The molecule has 0 bridgehead atoms. The summed E-state index contributed by atoms with van der Waals surface area (Å²) < 4.78 is 11.2. The van der Waals surface area contributed by atoms with Gasteiger partial charge < -0.3 is 19.8 Å². The molecule has 0 saturated carbocycles. The lowest BCUT2D eigenvalue weighted by Crippen LogP contribution is -2.17. The topological polar surface area (TPSA) is 80.6 Å². The summed E-state index contributed by atoms with van der Waals surface area (Å²) in [5.41, 5.74) is 1.52. The van der Waals surface area contributed by atoms with E-state index in [9.17, 15) is 9.59 Å². The van der Waals surface area contributed by atoms with E-state index in [0.717, 1.165) is 0 Å². The van der Waals surface area contributed by atoms with Gasteiger partial charge in [0.1, 0.15) is 11.3 Å². The smallest absolute Gasteiger partial charge is 0.293 e. The van der Waals surface area contributed by atoms with Crippen LogP contribution in [0, 0.1) is 0 Å². The van der Waals surface area contributed by atoms with Crippen molar-refractivity contribution in [1.29, 1.82) is 0 Å². The number of fused-ring (bicyclic) bond motifs is 1. The van der Waals surface area contributed by atoms with E-state index in [1.807, 2.05) is 6.07 Å². The van der Waals surface area contributed by atoms with Gasteiger partial charge in [-0.3, -0.25) is 9.59 Å². The van der Waals surface area contributed by atoms with E-state index in [1.54, 1.807) is 55.5 Å². The number of hydrogen-bond acceptors (Lipinski definition) is 4. The molecule has 32 heavy (non-hydrogen) atoms. The highest BCUT2D eigenvalue weighted by molar-refractivity contribution is 6.38. The number of benzene rings is 3. The molecule has 0 aliphatic rings. The average Bonchev–Trinajstić information content (AvgIpc) is 3.15. The van der Waals surface area contributed by atoms with Gasteiger partial charge >= 0.3 is 0 Å². The van der Waals surface area contributed by atoms with Crippen molar-refractivity contribution < 1.29 is 18.7 Å². The first-order chi connectivity index (χ1) is 15.5. The van der Waals surface area contributed by atoms with Crippen LogP contribution in [0.25, 0.3) is 11.0 Å². The maximum Gasteiger partial charge on any atom is 0.293 e. The number of amides is 2. The third kappa shape index (κ3) is 4.42. The van der Waals surface area contributed by atoms with Crippen molar-refractivity contribution in [2.75, 3.05) is 17.2 Å². The van der Waals surface area contributed by atoms with Crippen LogP contribution < -0.4 is 15.4 Å². The fourth-order valence-corrected chi connectivity index (χ4v) is 3.79. The molecule has 0 unspecified atom stereocenters. The third-order valence-corrected chi connectivity index (χ3v) is 5.18. The molecular formula is C24H18Cl2N2O4. The monoisotopic (exact) mass is 468 g/mol. The predicted molar refractivity (Wildman–Crippen MR) is 126 cm³/mol. The Morgan fingerprint density at radius 2 is 1.56 bits per heavy atom. The number of carbonyl (C=O) groups excluding carboxylic acids is 2. The Hall–Kier alpha value is -3.48. The Morgan fingerprint density at radius 1 is 0.906 bits per heavy atom. The minimum absolute atomic E-state index is 0.0217. The van der Waals surface area contributed by atoms with Crippen molar-refractivity contribution in [2.45, 2.75) is 6.92 Å². The average molecular weight is 469 g/mol. The van der Waals surface area contributed by atoms with Crippen molar-refractivity contribution in [3.63, 3.8) is 0 Å². The van der Waals surface area contributed by atoms with Crippen LogP contribution in [-0.2, 0) is 0 Å². The van der Waals surface area contributed by atoms with E-state index in [4.69, 9.17) is 32.4 Å². The Balaban J connectivity index is 1.69. The van der Waals surface area contributed by atoms with Gasteiger partial charge in [0.05, 0.1) is 16.7 Å². The molecule has 8 heteroatoms. The van der Waals surface area contributed by atoms with E-state index < -0.39 is 11.8 Å². The van der Waals surface area contributed by atoms with Gasteiger partial charge in [-0.1, -0.05) is 53.5 Å². The van der Waals surface area contributed by atoms with Gasteiger partial charge in [0.2, 0.25) is 5.76 Å². The summed E-state index contributed by atoms with van der Waals surface area (Å²) in [4.78, 5) is 26.0. The quantitative estimate of drug-likeness (QED) is 0.332. The fraction of sp³-hybridized carbons (Fsp3) is 0.0833. The number of halogens is 2. The van der Waals surface area contributed by atoms with Crippen LogP contribution in [0.15, 0.2) is 71.1 Å². The standard InChI is InChI=1S/C24H18Cl2N2O4/c1-2-31-21-17(25)12-14(13-18(21)26)23(29)28-20-16-10-6-7-11-19(16)32-22(20)24(30)27-15-8-4-3-5-9-15/h3-13H,2H2,1H3,(H,27,30)(H,28,29). The van der Waals surface area contributed by atoms with Gasteiger partial charge in [0.15, 0.2) is 5.75 Å². The fourth-order valence-electron chi connectivity index (χ4n) is 3.20. The maximum absolute atomic E-state index is 13.0. The summed E-state index contributed by atoms with van der Waals surface area (Å²) in [7, 11) is 0. The summed E-state index contributed by atoms with van der Waals surface area (Å²) in [6.07, 6.45) is 0. The molecule has 0 aliphatic heterocycles. The molecule has 2 N–H and O–H groups in total. The van der Waals surface area contributed by atoms with Crippen LogP contribution in [0.2, 0.25) is 10.0 Å². The van der Waals surface area contributed by atoms with E-state index in [0.29, 0.717) is 29.0 Å². The Morgan fingerprint density at radius 3 is 2.25 bits per heavy atom. The van der Waals surface area contributed by atoms with E-state index in [-0.39, 0.29) is 27.1 Å². The number of furan rings is 1. The minimum atomic E-state index is -0.503. The molecule has 4 aromatic rings. The van der Waals surface area contributed by atoms with Gasteiger partial charge in [-0.05, 0) is 43.3 Å². The zero-order valence-corrected chi connectivity index (χ0v) is 18.5. The van der Waals surface area contributed by atoms with Gasteiger partial charge in [-0.2, -0.15) is 0 Å². The largest absolute Gasteiger partial charge is 0.491 e. The normalized spacial score (nSPS) is 10.7. The molecular weight excluding hydrogens is 451 g/mol. The van der Waals surface area contributed by atoms with Gasteiger partial charge in [-0.15, -0.1) is 0 Å². The van der Waals surface area contributed by atoms with Crippen molar-refractivity contribution in [3.8, 4) is 5.75 Å². The van der Waals surface area contributed by atoms with Crippen LogP contribution >= 0.6 is 23.2 Å². The minimum Gasteiger partial charge on any atom is -0.491 e. The summed E-state index contributed by atoms with van der Waals surface area (Å²) in [6.45, 7) is 2.19. The van der Waals surface area contributed by atoms with Crippen LogP contribution in [0.3, 0.4) is 0 Å². The van der Waals surface area contributed by atoms with E-state index >= 15 is 0 Å². The first-order valence-electron chi connectivity index (χ1n) is 9.79. The zero-order chi connectivity index (χ0) is 22.7. The highest BCUT2D eigenvalue weighted by atomic mass is 35.5. The second-order valence-corrected chi connectivity index (χ2v) is 7.59. The molecule has 0 fully saturated rings. The van der Waals surface area contributed by atoms with Crippen molar-refractivity contribution in [3.05, 3.63) is 88.1 Å². The second kappa shape index (κ2) is 9.34. The molecule has 1 heterocycles. The summed E-state index contributed by atoms with van der Waals surface area (Å²) >= 11 is 12.5. The molecule has 2 amide bonds. The molecule has 3 aromatic carbocycles. The molecule has 4 rings (SSSR count). The Labute approximate surface area is 194 Å². The van der Waals surface area contributed by atoms with Crippen LogP contribution in [0.1, 0.15) is 27.8 Å². The lowest BCUT2D eigenvalue weighted by Gasteiger charge is -2.11. The number of rotatable bonds is 6. The highest BCUT2D eigenvalue weighted by Gasteiger charge is 2.23. The van der Waals surface area contributed by atoms with E-state index in [1.165, 1.54) is 12.1 Å². The molecule has 0 saturated heterocycles. The van der Waals surface area contributed by atoms with Gasteiger partial charge in [0.25, 0.3) is 11.8 Å². The number of anilines is 2. The maximum atomic E-state index is 13.0. The van der Waals surface area contributed by atoms with Crippen molar-refractivity contribution in [2.24, 2.45) is 0 Å². The predicted octanol–water partition coefficient (Wildman–Crippen LogP) is 6.64. The van der Waals surface area contributed by atoms with E-state index in [2.05, 4.69) is 10.6 Å². The first-order valence-corrected chi connectivity index (χ1v) is 10.5. The number of nitrogens with one attached hydrogen (secondary N) is 2. The zero-order valence-electron chi connectivity index (χ0n) is 16.9. The molecule has 0 aliphatic carbocycles. The summed E-state index contributed by atoms with van der Waals surface area (Å²) in [5, 5.41) is 6.55. The molecule has 0 atom stereocenters. The third-order valence-electron chi connectivity index (χ3n) is 4.62. The Kier molecular flexibility index (Phi) is 6.35. The lowest BCUT2D eigenvalue weighted by atomic mass is 10.1. The van der Waals surface area contributed by atoms with Crippen LogP contribution in [-0.4, -0.2) is 18.4 Å². The first kappa shape index (κ1) is 21.7. The van der Waals surface area contributed by atoms with Gasteiger partial charge in [-0.25, -0.2) is 0 Å². The Bertz CT molecular complexity index is 1280. The molecule has 0 radical (unpaired) electrons. The number of para-hydroxylation sites is 2. The molecule has 1 aromatic heterocycles.